The quantitative estimate of drug-likeness (QED) is 0.655. The number of carbonyl (C=O) groups is 2. The summed E-state index contributed by atoms with van der Waals surface area (Å²) in [5.41, 5.74) is -1.63. The molecule has 1 aromatic heterocycles. The number of aromatic nitrogens is 1. The SMILES string of the molecule is C[C@@H]1C(=O)NCCN1C(=O)N[C@H](c1ccc(Cl)c(C(F)(F)F)n1)C1CC(C(F)(F)F)C1. The molecule has 2 fully saturated rings. The van der Waals surface area contributed by atoms with Crippen molar-refractivity contribution in [3.8, 4) is 0 Å². The highest BCUT2D eigenvalue weighted by Crippen LogP contribution is 2.49. The normalized spacial score (nSPS) is 25.5. The number of rotatable bonds is 3. The molecule has 0 aromatic carbocycles. The summed E-state index contributed by atoms with van der Waals surface area (Å²) in [6.45, 7) is 1.79. The van der Waals surface area contributed by atoms with Crippen molar-refractivity contribution < 1.29 is 35.9 Å². The van der Waals surface area contributed by atoms with Crippen LogP contribution in [0.2, 0.25) is 5.02 Å². The number of nitrogens with one attached hydrogen (secondary N) is 2. The molecule has 3 rings (SSSR count). The molecule has 1 aromatic rings. The molecule has 1 saturated heterocycles. The van der Waals surface area contributed by atoms with Gasteiger partial charge in [-0.05, 0) is 37.8 Å². The zero-order valence-electron chi connectivity index (χ0n) is 16.1. The van der Waals surface area contributed by atoms with Gasteiger partial charge in [-0.1, -0.05) is 11.6 Å². The highest BCUT2D eigenvalue weighted by atomic mass is 35.5. The molecule has 2 N–H and O–H groups in total. The summed E-state index contributed by atoms with van der Waals surface area (Å²) in [5.74, 6) is -2.80. The van der Waals surface area contributed by atoms with E-state index in [0.717, 1.165) is 12.1 Å². The summed E-state index contributed by atoms with van der Waals surface area (Å²) in [4.78, 5) is 29.2. The molecule has 0 spiro atoms. The van der Waals surface area contributed by atoms with Crippen LogP contribution in [0.5, 0.6) is 0 Å². The van der Waals surface area contributed by atoms with Gasteiger partial charge in [0.05, 0.1) is 22.7 Å². The highest BCUT2D eigenvalue weighted by molar-refractivity contribution is 6.31. The van der Waals surface area contributed by atoms with E-state index in [9.17, 15) is 35.9 Å². The molecule has 1 aliphatic heterocycles. The maximum Gasteiger partial charge on any atom is 0.434 e. The number of hydrogen-bond acceptors (Lipinski definition) is 3. The first kappa shape index (κ1) is 23.4. The lowest BCUT2D eigenvalue weighted by atomic mass is 9.70. The molecule has 2 atom stereocenters. The van der Waals surface area contributed by atoms with Crippen LogP contribution < -0.4 is 10.6 Å². The molecule has 2 aliphatic rings. The molecule has 0 bridgehead atoms. The van der Waals surface area contributed by atoms with E-state index in [1.165, 1.54) is 11.8 Å². The zero-order chi connectivity index (χ0) is 23.1. The molecule has 1 saturated carbocycles. The number of amides is 3. The number of halogens is 7. The highest BCUT2D eigenvalue weighted by Gasteiger charge is 2.51. The van der Waals surface area contributed by atoms with Gasteiger partial charge in [0.2, 0.25) is 5.91 Å². The first-order valence-corrected chi connectivity index (χ1v) is 9.82. The van der Waals surface area contributed by atoms with Crippen LogP contribution in [0.25, 0.3) is 0 Å². The Hall–Kier alpha value is -2.24. The maximum atomic E-state index is 13.2. The predicted octanol–water partition coefficient (Wildman–Crippen LogP) is 3.91. The minimum absolute atomic E-state index is 0.142. The minimum Gasteiger partial charge on any atom is -0.353 e. The van der Waals surface area contributed by atoms with E-state index in [4.69, 9.17) is 11.6 Å². The summed E-state index contributed by atoms with van der Waals surface area (Å²) in [6, 6.07) is -0.726. The van der Waals surface area contributed by atoms with Gasteiger partial charge in [-0.25, -0.2) is 9.78 Å². The number of pyridine rings is 1. The van der Waals surface area contributed by atoms with Gasteiger partial charge in [0.15, 0.2) is 5.69 Å². The second-order valence-corrected chi connectivity index (χ2v) is 8.03. The van der Waals surface area contributed by atoms with E-state index < -0.39 is 58.9 Å². The van der Waals surface area contributed by atoms with Crippen LogP contribution in [0.15, 0.2) is 12.1 Å². The lowest BCUT2D eigenvalue weighted by molar-refractivity contribution is -0.206. The topological polar surface area (TPSA) is 74.3 Å². The number of alkyl halides is 6. The molecule has 31 heavy (non-hydrogen) atoms. The zero-order valence-corrected chi connectivity index (χ0v) is 16.9. The Bertz CT molecular complexity index is 856. The van der Waals surface area contributed by atoms with Crippen LogP contribution in [0.3, 0.4) is 0 Å². The molecular weight excluding hydrogens is 454 g/mol. The number of carbonyl (C=O) groups excluding carboxylic acids is 2. The minimum atomic E-state index is -4.88. The van der Waals surface area contributed by atoms with Gasteiger partial charge in [-0.3, -0.25) is 4.79 Å². The Balaban J connectivity index is 1.88. The molecule has 6 nitrogen and oxygen atoms in total. The Morgan fingerprint density at radius 2 is 1.90 bits per heavy atom. The Kier molecular flexibility index (Phi) is 6.32. The first-order valence-electron chi connectivity index (χ1n) is 9.44. The Morgan fingerprint density at radius 1 is 1.26 bits per heavy atom. The monoisotopic (exact) mass is 472 g/mol. The van der Waals surface area contributed by atoms with Crippen molar-refractivity contribution in [2.24, 2.45) is 11.8 Å². The van der Waals surface area contributed by atoms with E-state index in [-0.39, 0.29) is 31.6 Å². The fraction of sp³-hybridized carbons (Fsp3) is 0.611. The summed E-state index contributed by atoms with van der Waals surface area (Å²) < 4.78 is 78.5. The van der Waals surface area contributed by atoms with Crippen molar-refractivity contribution in [2.75, 3.05) is 13.1 Å². The fourth-order valence-electron chi connectivity index (χ4n) is 3.74. The van der Waals surface area contributed by atoms with Gasteiger partial charge in [0.1, 0.15) is 6.04 Å². The fourth-order valence-corrected chi connectivity index (χ4v) is 3.95. The van der Waals surface area contributed by atoms with E-state index in [2.05, 4.69) is 15.6 Å². The van der Waals surface area contributed by atoms with Gasteiger partial charge in [0, 0.05) is 13.1 Å². The maximum absolute atomic E-state index is 13.2. The van der Waals surface area contributed by atoms with E-state index in [1.54, 1.807) is 0 Å². The largest absolute Gasteiger partial charge is 0.434 e. The second kappa shape index (κ2) is 8.36. The predicted molar refractivity (Wildman–Crippen MR) is 97.0 cm³/mol. The second-order valence-electron chi connectivity index (χ2n) is 7.62. The van der Waals surface area contributed by atoms with Crippen LogP contribution in [-0.4, -0.2) is 47.1 Å². The average Bonchev–Trinajstić information content (AvgIpc) is 2.60. The van der Waals surface area contributed by atoms with Gasteiger partial charge < -0.3 is 15.5 Å². The third-order valence-corrected chi connectivity index (χ3v) is 5.91. The average molecular weight is 473 g/mol. The van der Waals surface area contributed by atoms with Crippen molar-refractivity contribution >= 4 is 23.5 Å². The van der Waals surface area contributed by atoms with Crippen molar-refractivity contribution in [3.63, 3.8) is 0 Å². The Labute approximate surface area is 178 Å². The molecule has 0 radical (unpaired) electrons. The van der Waals surface area contributed by atoms with Gasteiger partial charge in [-0.15, -0.1) is 0 Å². The van der Waals surface area contributed by atoms with Gasteiger partial charge in [0.25, 0.3) is 0 Å². The summed E-state index contributed by atoms with van der Waals surface area (Å²) >= 11 is 5.59. The van der Waals surface area contributed by atoms with Gasteiger partial charge in [-0.2, -0.15) is 26.3 Å². The molecule has 0 unspecified atom stereocenters. The third-order valence-electron chi connectivity index (χ3n) is 5.60. The van der Waals surface area contributed by atoms with Gasteiger partial charge >= 0.3 is 18.4 Å². The van der Waals surface area contributed by atoms with Crippen molar-refractivity contribution in [1.82, 2.24) is 20.5 Å². The molecule has 2 heterocycles. The van der Waals surface area contributed by atoms with Crippen LogP contribution in [0.1, 0.15) is 37.2 Å². The molecule has 172 valence electrons. The van der Waals surface area contributed by atoms with Crippen LogP contribution in [0, 0.1) is 11.8 Å². The van der Waals surface area contributed by atoms with Crippen molar-refractivity contribution in [1.29, 1.82) is 0 Å². The first-order chi connectivity index (χ1) is 14.3. The lowest BCUT2D eigenvalue weighted by Gasteiger charge is -2.42. The van der Waals surface area contributed by atoms with Crippen LogP contribution in [0.4, 0.5) is 31.1 Å². The molecule has 3 amide bonds. The lowest BCUT2D eigenvalue weighted by Crippen LogP contribution is -2.59. The van der Waals surface area contributed by atoms with Crippen molar-refractivity contribution in [3.05, 3.63) is 28.5 Å². The summed E-state index contributed by atoms with van der Waals surface area (Å²) in [5, 5.41) is 4.39. The van der Waals surface area contributed by atoms with Crippen LogP contribution >= 0.6 is 11.6 Å². The Morgan fingerprint density at radius 3 is 2.48 bits per heavy atom. The number of piperazine rings is 1. The van der Waals surface area contributed by atoms with Crippen molar-refractivity contribution in [2.45, 2.75) is 44.2 Å². The molecule has 1 aliphatic carbocycles. The van der Waals surface area contributed by atoms with Crippen LogP contribution in [-0.2, 0) is 11.0 Å². The third kappa shape index (κ3) is 4.99. The summed E-state index contributed by atoms with van der Waals surface area (Å²) in [6.07, 6.45) is -10.0. The van der Waals surface area contributed by atoms with E-state index in [1.807, 2.05) is 0 Å². The summed E-state index contributed by atoms with van der Waals surface area (Å²) in [7, 11) is 0. The van der Waals surface area contributed by atoms with E-state index in [0.29, 0.717) is 0 Å². The number of hydrogen-bond donors (Lipinski definition) is 2. The molecular formula is C18H19ClF6N4O2. The number of nitrogens with zero attached hydrogens (tertiary/aromatic N) is 2. The standard InChI is InChI=1S/C18H19ClF6N4O2/c1-8-15(30)26-4-5-29(8)16(31)28-13(9-6-10(7-9)17(20,21)22)12-3-2-11(19)14(27-12)18(23,24)25/h2-3,8-10,13H,4-7H2,1H3,(H,26,30)(H,28,31)/t8-,9?,10?,13+/m1/s1. The molecule has 13 heteroatoms. The smallest absolute Gasteiger partial charge is 0.353 e. The van der Waals surface area contributed by atoms with E-state index >= 15 is 0 Å². The number of urea groups is 1.